The van der Waals surface area contributed by atoms with Crippen molar-refractivity contribution < 1.29 is 25.8 Å². The molecule has 3 heterocycles. The Morgan fingerprint density at radius 1 is 0.783 bits per heavy atom. The van der Waals surface area contributed by atoms with E-state index in [-0.39, 0.29) is 21.1 Å². The smallest absolute Gasteiger partial charge is 0.509 e. The Balaban J connectivity index is 0.00000372. The number of ether oxygens (including phenoxy) is 1. The second-order valence-electron chi connectivity index (χ2n) is 11.7. The van der Waals surface area contributed by atoms with Crippen molar-refractivity contribution in [3.8, 4) is 34.1 Å². The standard InChI is InChI=1S/C40H36N4O.Pt/c1-6-11-30-14-17-37-36(23-30)35-16-15-33(25-38(35)43(37)39-20-26(3)18-19-41-39)45-34-22-29(7-2)21-32(24-34)44-28(5)40(27(4)42-44)31-12-9-8-10-13-31;/h8-10,12-23H,6-7,11H2,1-5H3;/q-2;+2. The summed E-state index contributed by atoms with van der Waals surface area (Å²) in [6.07, 6.45) is 4.88. The molecule has 0 aliphatic rings. The van der Waals surface area contributed by atoms with Gasteiger partial charge in [0.15, 0.2) is 0 Å². The van der Waals surface area contributed by atoms with Gasteiger partial charge in [0, 0.05) is 34.5 Å². The van der Waals surface area contributed by atoms with E-state index < -0.39 is 0 Å². The van der Waals surface area contributed by atoms with Crippen LogP contribution in [-0.2, 0) is 33.9 Å². The van der Waals surface area contributed by atoms with Gasteiger partial charge in [-0.15, -0.1) is 35.7 Å². The summed E-state index contributed by atoms with van der Waals surface area (Å²) in [5, 5.41) is 7.25. The van der Waals surface area contributed by atoms with Crippen molar-refractivity contribution in [1.29, 1.82) is 0 Å². The van der Waals surface area contributed by atoms with Crippen LogP contribution < -0.4 is 4.74 Å². The van der Waals surface area contributed by atoms with Gasteiger partial charge in [0.25, 0.3) is 0 Å². The molecule has 0 spiro atoms. The van der Waals surface area contributed by atoms with Crippen LogP contribution >= 0.6 is 0 Å². The first-order chi connectivity index (χ1) is 21.9. The molecule has 0 radical (unpaired) electrons. The minimum absolute atomic E-state index is 0. The normalized spacial score (nSPS) is 11.2. The van der Waals surface area contributed by atoms with Crippen LogP contribution in [0.4, 0.5) is 0 Å². The third-order valence-corrected chi connectivity index (χ3v) is 8.48. The molecule has 4 aromatic carbocycles. The summed E-state index contributed by atoms with van der Waals surface area (Å²) in [7, 11) is 0. The van der Waals surface area contributed by atoms with Crippen LogP contribution in [0.5, 0.6) is 11.5 Å². The van der Waals surface area contributed by atoms with Gasteiger partial charge in [-0.25, -0.2) is 4.98 Å². The van der Waals surface area contributed by atoms with E-state index >= 15 is 0 Å². The van der Waals surface area contributed by atoms with Crippen LogP contribution in [0.1, 0.15) is 48.3 Å². The van der Waals surface area contributed by atoms with Gasteiger partial charge in [0.05, 0.1) is 5.69 Å². The maximum absolute atomic E-state index is 6.54. The van der Waals surface area contributed by atoms with Crippen molar-refractivity contribution in [3.63, 3.8) is 0 Å². The van der Waals surface area contributed by atoms with Gasteiger partial charge in [-0.05, 0) is 73.2 Å². The predicted molar refractivity (Wildman–Crippen MR) is 183 cm³/mol. The van der Waals surface area contributed by atoms with Gasteiger partial charge < -0.3 is 9.30 Å². The Kier molecular flexibility index (Phi) is 8.97. The first-order valence-electron chi connectivity index (χ1n) is 15.7. The largest absolute Gasteiger partial charge is 2.00 e. The van der Waals surface area contributed by atoms with Gasteiger partial charge in [0.1, 0.15) is 5.82 Å². The van der Waals surface area contributed by atoms with Crippen molar-refractivity contribution in [2.45, 2.75) is 53.9 Å². The van der Waals surface area contributed by atoms with Gasteiger partial charge >= 0.3 is 21.1 Å². The molecule has 0 unspecified atom stereocenters. The summed E-state index contributed by atoms with van der Waals surface area (Å²) in [5.74, 6) is 2.13. The minimum Gasteiger partial charge on any atom is -0.509 e. The third-order valence-electron chi connectivity index (χ3n) is 8.48. The fourth-order valence-electron chi connectivity index (χ4n) is 6.33. The second-order valence-corrected chi connectivity index (χ2v) is 11.7. The number of benzene rings is 4. The van der Waals surface area contributed by atoms with Crippen molar-refractivity contribution in [3.05, 3.63) is 131 Å². The Morgan fingerprint density at radius 2 is 1.61 bits per heavy atom. The van der Waals surface area contributed by atoms with Crippen molar-refractivity contribution >= 4 is 21.8 Å². The summed E-state index contributed by atoms with van der Waals surface area (Å²) in [4.78, 5) is 4.75. The van der Waals surface area contributed by atoms with E-state index in [0.29, 0.717) is 11.5 Å². The molecule has 7 rings (SSSR count). The van der Waals surface area contributed by atoms with E-state index in [4.69, 9.17) is 14.8 Å². The van der Waals surface area contributed by atoms with Crippen molar-refractivity contribution in [2.24, 2.45) is 0 Å². The number of fused-ring (bicyclic) bond motifs is 3. The summed E-state index contributed by atoms with van der Waals surface area (Å²) < 4.78 is 10.7. The van der Waals surface area contributed by atoms with Crippen LogP contribution in [0.2, 0.25) is 0 Å². The first-order valence-corrected chi connectivity index (χ1v) is 15.7. The minimum atomic E-state index is 0. The Labute approximate surface area is 285 Å². The van der Waals surface area contributed by atoms with Gasteiger partial charge in [-0.2, -0.15) is 16.7 Å². The summed E-state index contributed by atoms with van der Waals surface area (Å²) in [6, 6.07) is 36.8. The number of rotatable bonds is 8. The molecule has 6 heteroatoms. The molecular formula is C40H36N4OPt. The molecule has 0 saturated heterocycles. The van der Waals surface area contributed by atoms with Crippen LogP contribution in [0.3, 0.4) is 0 Å². The quantitative estimate of drug-likeness (QED) is 0.144. The van der Waals surface area contributed by atoms with Crippen LogP contribution in [0, 0.1) is 32.9 Å². The fourth-order valence-corrected chi connectivity index (χ4v) is 6.33. The molecule has 7 aromatic rings. The van der Waals surface area contributed by atoms with E-state index in [1.54, 1.807) is 0 Å². The molecule has 3 aromatic heterocycles. The second kappa shape index (κ2) is 13.1. The molecule has 0 amide bonds. The number of aromatic nitrogens is 4. The Morgan fingerprint density at radius 3 is 2.37 bits per heavy atom. The first kappa shape index (κ1) is 31.5. The van der Waals surface area contributed by atoms with E-state index in [2.05, 4.69) is 118 Å². The summed E-state index contributed by atoms with van der Waals surface area (Å²) in [6.45, 7) is 10.6. The number of aryl methyl sites for hydroxylation is 4. The predicted octanol–water partition coefficient (Wildman–Crippen LogP) is 9.86. The maximum atomic E-state index is 6.54. The zero-order chi connectivity index (χ0) is 31.1. The average molecular weight is 784 g/mol. The number of pyridine rings is 1. The number of hydrogen-bond donors (Lipinski definition) is 0. The molecule has 0 N–H and O–H groups in total. The average Bonchev–Trinajstić information content (AvgIpc) is 3.53. The summed E-state index contributed by atoms with van der Waals surface area (Å²) >= 11 is 0. The summed E-state index contributed by atoms with van der Waals surface area (Å²) in [5.41, 5.74) is 10.9. The molecule has 5 nitrogen and oxygen atoms in total. The zero-order valence-electron chi connectivity index (χ0n) is 26.8. The fraction of sp³-hybridized carbons (Fsp3) is 0.200. The van der Waals surface area contributed by atoms with Crippen molar-refractivity contribution in [2.75, 3.05) is 0 Å². The van der Waals surface area contributed by atoms with E-state index in [1.807, 2.05) is 29.1 Å². The molecule has 0 atom stereocenters. The SMILES string of the molecule is CCCc1ccc2c(c1)c1ccc(Oc3[c-]c(-n4nc(C)c(-c5ccccc5)c4C)cc(CC)c3)[c-]c1n2-c1cc(C)ccn1.[Pt+2]. The third kappa shape index (κ3) is 5.81. The molecule has 0 saturated carbocycles. The topological polar surface area (TPSA) is 44.9 Å². The number of hydrogen-bond acceptors (Lipinski definition) is 3. The molecule has 232 valence electrons. The molecule has 0 fully saturated rings. The molecule has 46 heavy (non-hydrogen) atoms. The Bertz CT molecular complexity index is 2180. The van der Waals surface area contributed by atoms with Crippen LogP contribution in [0.15, 0.2) is 91.1 Å². The van der Waals surface area contributed by atoms with Crippen molar-refractivity contribution in [1.82, 2.24) is 19.3 Å². The van der Waals surface area contributed by atoms with Gasteiger partial charge in [-0.3, -0.25) is 4.68 Å². The van der Waals surface area contributed by atoms with Crippen LogP contribution in [-0.4, -0.2) is 19.3 Å². The van der Waals surface area contributed by atoms with Crippen LogP contribution in [0.25, 0.3) is 44.4 Å². The molecule has 0 bridgehead atoms. The Hall–Kier alpha value is -4.47. The zero-order valence-corrected chi connectivity index (χ0v) is 29.1. The number of nitrogens with zero attached hydrogens (tertiary/aromatic N) is 4. The molecule has 0 aliphatic carbocycles. The molecular weight excluding hydrogens is 748 g/mol. The molecule has 0 aliphatic heterocycles. The maximum Gasteiger partial charge on any atom is 2.00 e. The van der Waals surface area contributed by atoms with Gasteiger partial charge in [0.2, 0.25) is 0 Å². The van der Waals surface area contributed by atoms with Gasteiger partial charge in [-0.1, -0.05) is 74.7 Å². The van der Waals surface area contributed by atoms with E-state index in [1.165, 1.54) is 10.9 Å². The monoisotopic (exact) mass is 783 g/mol. The van der Waals surface area contributed by atoms with E-state index in [9.17, 15) is 0 Å². The van der Waals surface area contributed by atoms with E-state index in [0.717, 1.165) is 80.8 Å².